The Kier molecular flexibility index (Phi) is 8.00. The van der Waals surface area contributed by atoms with Crippen molar-refractivity contribution in [1.82, 2.24) is 0 Å². The van der Waals surface area contributed by atoms with Crippen LogP contribution < -0.4 is 5.32 Å². The highest BCUT2D eigenvalue weighted by Crippen LogP contribution is 2.13. The molecule has 1 aromatic carbocycles. The molecule has 0 radical (unpaired) electrons. The Balaban J connectivity index is 2.09. The first-order chi connectivity index (χ1) is 8.72. The Labute approximate surface area is 116 Å². The molecule has 0 spiro atoms. The van der Waals surface area contributed by atoms with E-state index in [1.165, 1.54) is 0 Å². The van der Waals surface area contributed by atoms with E-state index in [1.807, 2.05) is 31.2 Å². The highest BCUT2D eigenvalue weighted by Gasteiger charge is 2.03. The van der Waals surface area contributed by atoms with Gasteiger partial charge in [0.05, 0.1) is 25.9 Å². The van der Waals surface area contributed by atoms with E-state index < -0.39 is 6.10 Å². The van der Waals surface area contributed by atoms with Gasteiger partial charge in [0.2, 0.25) is 0 Å². The molecule has 18 heavy (non-hydrogen) atoms. The Morgan fingerprint density at radius 2 is 1.89 bits per heavy atom. The van der Waals surface area contributed by atoms with Gasteiger partial charge in [-0.25, -0.2) is 0 Å². The van der Waals surface area contributed by atoms with Crippen molar-refractivity contribution in [3.63, 3.8) is 0 Å². The number of aliphatic hydroxyl groups excluding tert-OH is 1. The lowest BCUT2D eigenvalue weighted by Crippen LogP contribution is -2.25. The van der Waals surface area contributed by atoms with Crippen LogP contribution in [0.5, 0.6) is 0 Å². The molecule has 1 aromatic rings. The van der Waals surface area contributed by atoms with Gasteiger partial charge in [-0.3, -0.25) is 0 Å². The predicted octanol–water partition coefficient (Wildman–Crippen LogP) is 2.27. The number of benzene rings is 1. The Hall–Kier alpha value is -0.620. The summed E-state index contributed by atoms with van der Waals surface area (Å²) in [5, 5.41) is 12.8. The van der Waals surface area contributed by atoms with Crippen LogP contribution in [-0.4, -0.2) is 44.2 Å². The summed E-state index contributed by atoms with van der Waals surface area (Å²) in [6.45, 7) is 4.51. The van der Waals surface area contributed by atoms with E-state index in [0.29, 0.717) is 33.0 Å². The van der Waals surface area contributed by atoms with E-state index in [-0.39, 0.29) is 0 Å². The molecule has 2 N–H and O–H groups in total. The second-order valence-corrected chi connectivity index (χ2v) is 4.73. The summed E-state index contributed by atoms with van der Waals surface area (Å²) in [6, 6.07) is 7.81. The molecule has 0 saturated carbocycles. The quantitative estimate of drug-likeness (QED) is 0.686. The maximum absolute atomic E-state index is 9.68. The lowest BCUT2D eigenvalue weighted by atomic mass is 10.3. The minimum absolute atomic E-state index is 0.316. The van der Waals surface area contributed by atoms with Crippen molar-refractivity contribution in [3.8, 4) is 0 Å². The Morgan fingerprint density at radius 3 is 2.56 bits per heavy atom. The third-order valence-electron chi connectivity index (χ3n) is 2.27. The van der Waals surface area contributed by atoms with Crippen molar-refractivity contribution in [3.05, 3.63) is 28.7 Å². The van der Waals surface area contributed by atoms with Crippen LogP contribution in [0.3, 0.4) is 0 Å². The zero-order valence-corrected chi connectivity index (χ0v) is 12.1. The molecule has 0 bridgehead atoms. The second-order valence-electron chi connectivity index (χ2n) is 3.81. The van der Waals surface area contributed by atoms with Crippen molar-refractivity contribution in [2.45, 2.75) is 13.0 Å². The first-order valence-corrected chi connectivity index (χ1v) is 6.84. The van der Waals surface area contributed by atoms with Crippen LogP contribution in [0, 0.1) is 0 Å². The van der Waals surface area contributed by atoms with Crippen molar-refractivity contribution in [2.75, 3.05) is 38.3 Å². The lowest BCUT2D eigenvalue weighted by Gasteiger charge is -2.13. The van der Waals surface area contributed by atoms with Gasteiger partial charge in [0.15, 0.2) is 0 Å². The van der Waals surface area contributed by atoms with E-state index in [0.717, 1.165) is 10.2 Å². The number of halogens is 1. The number of ether oxygens (including phenoxy) is 2. The number of rotatable bonds is 9. The lowest BCUT2D eigenvalue weighted by molar-refractivity contribution is 0.0103. The number of aliphatic hydroxyl groups is 1. The largest absolute Gasteiger partial charge is 0.389 e. The fourth-order valence-corrected chi connectivity index (χ4v) is 1.61. The average Bonchev–Trinajstić information content (AvgIpc) is 2.38. The summed E-state index contributed by atoms with van der Waals surface area (Å²) >= 11 is 3.37. The third kappa shape index (κ3) is 6.96. The van der Waals surface area contributed by atoms with E-state index >= 15 is 0 Å². The fraction of sp³-hybridized carbons (Fsp3) is 0.538. The maximum Gasteiger partial charge on any atom is 0.0945 e. The molecule has 102 valence electrons. The van der Waals surface area contributed by atoms with E-state index in [4.69, 9.17) is 9.47 Å². The van der Waals surface area contributed by atoms with Gasteiger partial charge in [-0.2, -0.15) is 0 Å². The molecule has 5 heteroatoms. The second kappa shape index (κ2) is 9.33. The van der Waals surface area contributed by atoms with Crippen LogP contribution >= 0.6 is 15.9 Å². The molecule has 0 heterocycles. The monoisotopic (exact) mass is 317 g/mol. The van der Waals surface area contributed by atoms with Crippen LogP contribution in [-0.2, 0) is 9.47 Å². The fourth-order valence-electron chi connectivity index (χ4n) is 1.34. The molecular formula is C13H20BrNO3. The number of anilines is 1. The normalized spacial score (nSPS) is 12.4. The SMILES string of the molecule is CCOCCOCC(O)CNc1ccc(Br)cc1. The maximum atomic E-state index is 9.68. The topological polar surface area (TPSA) is 50.7 Å². The van der Waals surface area contributed by atoms with Gasteiger partial charge >= 0.3 is 0 Å². The third-order valence-corrected chi connectivity index (χ3v) is 2.80. The highest BCUT2D eigenvalue weighted by molar-refractivity contribution is 9.10. The van der Waals surface area contributed by atoms with Gasteiger partial charge in [0.1, 0.15) is 0 Å². The smallest absolute Gasteiger partial charge is 0.0945 e. The number of nitrogens with one attached hydrogen (secondary N) is 1. The average molecular weight is 318 g/mol. The van der Waals surface area contributed by atoms with E-state index in [1.54, 1.807) is 0 Å². The molecule has 1 rings (SSSR count). The standard InChI is InChI=1S/C13H20BrNO3/c1-2-17-7-8-18-10-13(16)9-15-12-5-3-11(14)4-6-12/h3-6,13,15-16H,2,7-10H2,1H3. The summed E-state index contributed by atoms with van der Waals surface area (Å²) in [5.74, 6) is 0. The van der Waals surface area contributed by atoms with Crippen molar-refractivity contribution in [2.24, 2.45) is 0 Å². The molecule has 0 saturated heterocycles. The number of hydrogen-bond acceptors (Lipinski definition) is 4. The molecule has 1 atom stereocenters. The highest BCUT2D eigenvalue weighted by atomic mass is 79.9. The van der Waals surface area contributed by atoms with Crippen LogP contribution in [0.4, 0.5) is 5.69 Å². The van der Waals surface area contributed by atoms with Crippen LogP contribution in [0.25, 0.3) is 0 Å². The van der Waals surface area contributed by atoms with Gasteiger partial charge in [-0.1, -0.05) is 15.9 Å². The van der Waals surface area contributed by atoms with Crippen LogP contribution in [0.2, 0.25) is 0 Å². The summed E-state index contributed by atoms with van der Waals surface area (Å²) in [6.07, 6.45) is -0.518. The zero-order valence-electron chi connectivity index (χ0n) is 10.6. The molecule has 0 aliphatic carbocycles. The molecule has 0 aliphatic rings. The molecule has 0 aromatic heterocycles. The molecule has 0 fully saturated rings. The predicted molar refractivity (Wildman–Crippen MR) is 76.0 cm³/mol. The summed E-state index contributed by atoms with van der Waals surface area (Å²) < 4.78 is 11.4. The van der Waals surface area contributed by atoms with Gasteiger partial charge < -0.3 is 19.9 Å². The molecule has 0 amide bonds. The molecule has 4 nitrogen and oxygen atoms in total. The van der Waals surface area contributed by atoms with E-state index in [9.17, 15) is 5.11 Å². The molecule has 0 aliphatic heterocycles. The molecule has 1 unspecified atom stereocenters. The first kappa shape index (κ1) is 15.4. The molecular weight excluding hydrogens is 298 g/mol. The first-order valence-electron chi connectivity index (χ1n) is 6.05. The Bertz CT molecular complexity index is 319. The van der Waals surface area contributed by atoms with Gasteiger partial charge in [0.25, 0.3) is 0 Å². The van der Waals surface area contributed by atoms with Crippen LogP contribution in [0.15, 0.2) is 28.7 Å². The van der Waals surface area contributed by atoms with Crippen molar-refractivity contribution >= 4 is 21.6 Å². The Morgan fingerprint density at radius 1 is 1.22 bits per heavy atom. The van der Waals surface area contributed by atoms with Crippen molar-refractivity contribution in [1.29, 1.82) is 0 Å². The van der Waals surface area contributed by atoms with E-state index in [2.05, 4.69) is 21.2 Å². The minimum atomic E-state index is -0.518. The van der Waals surface area contributed by atoms with Gasteiger partial charge in [-0.15, -0.1) is 0 Å². The number of hydrogen-bond donors (Lipinski definition) is 2. The van der Waals surface area contributed by atoms with Crippen LogP contribution in [0.1, 0.15) is 6.92 Å². The van der Waals surface area contributed by atoms with Gasteiger partial charge in [0, 0.05) is 23.3 Å². The van der Waals surface area contributed by atoms with Gasteiger partial charge in [-0.05, 0) is 31.2 Å². The zero-order chi connectivity index (χ0) is 13.2. The van der Waals surface area contributed by atoms with Crippen molar-refractivity contribution < 1.29 is 14.6 Å². The summed E-state index contributed by atoms with van der Waals surface area (Å²) in [5.41, 5.74) is 0.978. The summed E-state index contributed by atoms with van der Waals surface area (Å²) in [4.78, 5) is 0. The summed E-state index contributed by atoms with van der Waals surface area (Å²) in [7, 11) is 0. The minimum Gasteiger partial charge on any atom is -0.389 e.